The van der Waals surface area contributed by atoms with Crippen LogP contribution in [-0.2, 0) is 11.3 Å². The van der Waals surface area contributed by atoms with Crippen molar-refractivity contribution in [3.63, 3.8) is 0 Å². The first-order chi connectivity index (χ1) is 13.6. The Balaban J connectivity index is 1.50. The summed E-state index contributed by atoms with van der Waals surface area (Å²) in [5.41, 5.74) is 2.30. The lowest BCUT2D eigenvalue weighted by molar-refractivity contribution is -0.117. The number of amides is 1. The Hall–Kier alpha value is -3.35. The third-order valence-corrected chi connectivity index (χ3v) is 4.90. The molecule has 2 heterocycles. The lowest BCUT2D eigenvalue weighted by atomic mass is 9.90. The quantitative estimate of drug-likeness (QED) is 0.757. The summed E-state index contributed by atoms with van der Waals surface area (Å²) in [6.07, 6.45) is 6.87. The minimum atomic E-state index is -0.395. The van der Waals surface area contributed by atoms with E-state index in [1.54, 1.807) is 12.3 Å². The standard InChI is InChI=1S/C21H21N5O2/c1-14-6-8-15(9-7-14)18-10-11-20(28)26(25-18)13-19(27)24-21-22-12-16-4-2-3-5-17(16)23-21/h2-5,8,10-12,14H,6-7,9,13H2,1H3,(H,22,23,24,27). The van der Waals surface area contributed by atoms with Crippen molar-refractivity contribution in [2.24, 2.45) is 5.92 Å². The fraction of sp³-hybridized carbons (Fsp3) is 0.286. The molecule has 142 valence electrons. The molecular formula is C21H21N5O2. The molecule has 1 aliphatic carbocycles. The Morgan fingerprint density at radius 3 is 2.93 bits per heavy atom. The molecule has 28 heavy (non-hydrogen) atoms. The summed E-state index contributed by atoms with van der Waals surface area (Å²) >= 11 is 0. The van der Waals surface area contributed by atoms with Crippen LogP contribution in [0.15, 0.2) is 53.5 Å². The topological polar surface area (TPSA) is 89.8 Å². The Morgan fingerprint density at radius 1 is 1.25 bits per heavy atom. The number of nitrogens with zero attached hydrogens (tertiary/aromatic N) is 4. The molecule has 1 amide bonds. The Bertz CT molecular complexity index is 1120. The van der Waals surface area contributed by atoms with E-state index >= 15 is 0 Å². The molecule has 7 nitrogen and oxygen atoms in total. The number of benzene rings is 1. The van der Waals surface area contributed by atoms with Gasteiger partial charge in [-0.2, -0.15) is 5.10 Å². The summed E-state index contributed by atoms with van der Waals surface area (Å²) in [6, 6.07) is 10.7. The molecule has 1 aliphatic rings. The highest BCUT2D eigenvalue weighted by Gasteiger charge is 2.15. The predicted molar refractivity (Wildman–Crippen MR) is 108 cm³/mol. The van der Waals surface area contributed by atoms with Gasteiger partial charge in [0.15, 0.2) is 0 Å². The molecule has 0 spiro atoms. The van der Waals surface area contributed by atoms with Crippen LogP contribution < -0.4 is 10.9 Å². The van der Waals surface area contributed by atoms with Crippen molar-refractivity contribution in [1.82, 2.24) is 19.7 Å². The first kappa shape index (κ1) is 18.0. The Kier molecular flexibility index (Phi) is 4.97. The molecule has 2 aromatic heterocycles. The smallest absolute Gasteiger partial charge is 0.267 e. The molecule has 1 N–H and O–H groups in total. The summed E-state index contributed by atoms with van der Waals surface area (Å²) in [6.45, 7) is 2.04. The van der Waals surface area contributed by atoms with Gasteiger partial charge >= 0.3 is 0 Å². The van der Waals surface area contributed by atoms with E-state index in [1.165, 1.54) is 10.7 Å². The molecule has 7 heteroatoms. The monoisotopic (exact) mass is 375 g/mol. The van der Waals surface area contributed by atoms with Gasteiger partial charge in [0.1, 0.15) is 6.54 Å². The number of para-hydroxylation sites is 1. The van der Waals surface area contributed by atoms with Crippen molar-refractivity contribution in [1.29, 1.82) is 0 Å². The molecule has 0 saturated heterocycles. The summed E-state index contributed by atoms with van der Waals surface area (Å²) in [4.78, 5) is 33.0. The number of nitrogens with one attached hydrogen (secondary N) is 1. The third kappa shape index (κ3) is 3.98. The third-order valence-electron chi connectivity index (χ3n) is 4.90. The molecule has 0 saturated carbocycles. The zero-order valence-corrected chi connectivity index (χ0v) is 15.6. The maximum atomic E-state index is 12.4. The van der Waals surface area contributed by atoms with Crippen molar-refractivity contribution < 1.29 is 4.79 Å². The fourth-order valence-electron chi connectivity index (χ4n) is 3.26. The number of anilines is 1. The van der Waals surface area contributed by atoms with Crippen LogP contribution in [-0.4, -0.2) is 25.7 Å². The number of hydrogen-bond donors (Lipinski definition) is 1. The molecule has 0 bridgehead atoms. The summed E-state index contributed by atoms with van der Waals surface area (Å²) in [7, 11) is 0. The lowest BCUT2D eigenvalue weighted by Gasteiger charge is -2.18. The van der Waals surface area contributed by atoms with Gasteiger partial charge in [-0.1, -0.05) is 31.2 Å². The average molecular weight is 375 g/mol. The number of rotatable bonds is 4. The normalized spacial score (nSPS) is 16.6. The van der Waals surface area contributed by atoms with Crippen LogP contribution in [0, 0.1) is 5.92 Å². The summed E-state index contributed by atoms with van der Waals surface area (Å²) in [5.74, 6) is 0.479. The van der Waals surface area contributed by atoms with Crippen molar-refractivity contribution in [3.05, 3.63) is 64.7 Å². The van der Waals surface area contributed by atoms with Gasteiger partial charge in [-0.25, -0.2) is 14.6 Å². The molecule has 1 unspecified atom stereocenters. The number of carbonyl (C=O) groups excluding carboxylic acids is 1. The maximum Gasteiger partial charge on any atom is 0.267 e. The van der Waals surface area contributed by atoms with E-state index in [4.69, 9.17) is 0 Å². The second kappa shape index (κ2) is 7.72. The highest BCUT2D eigenvalue weighted by atomic mass is 16.2. The average Bonchev–Trinajstić information content (AvgIpc) is 2.70. The maximum absolute atomic E-state index is 12.4. The molecule has 0 radical (unpaired) electrons. The van der Waals surface area contributed by atoms with E-state index in [2.05, 4.69) is 33.4 Å². The molecule has 0 fully saturated rings. The first-order valence-corrected chi connectivity index (χ1v) is 9.38. The highest BCUT2D eigenvalue weighted by Crippen LogP contribution is 2.28. The predicted octanol–water partition coefficient (Wildman–Crippen LogP) is 3.03. The zero-order valence-electron chi connectivity index (χ0n) is 15.6. The van der Waals surface area contributed by atoms with Gasteiger partial charge in [-0.3, -0.25) is 14.9 Å². The number of aromatic nitrogens is 4. The number of hydrogen-bond acceptors (Lipinski definition) is 5. The van der Waals surface area contributed by atoms with E-state index in [1.807, 2.05) is 24.3 Å². The molecular weight excluding hydrogens is 354 g/mol. The van der Waals surface area contributed by atoms with Crippen LogP contribution in [0.25, 0.3) is 16.5 Å². The Morgan fingerprint density at radius 2 is 2.11 bits per heavy atom. The van der Waals surface area contributed by atoms with Gasteiger partial charge in [0.05, 0.1) is 11.2 Å². The number of fused-ring (bicyclic) bond motifs is 1. The van der Waals surface area contributed by atoms with E-state index in [-0.39, 0.29) is 18.1 Å². The van der Waals surface area contributed by atoms with Crippen LogP contribution >= 0.6 is 0 Å². The summed E-state index contributed by atoms with van der Waals surface area (Å²) < 4.78 is 1.19. The van der Waals surface area contributed by atoms with Crippen molar-refractivity contribution in [2.75, 3.05) is 5.32 Å². The van der Waals surface area contributed by atoms with E-state index in [9.17, 15) is 9.59 Å². The van der Waals surface area contributed by atoms with Crippen LogP contribution in [0.2, 0.25) is 0 Å². The van der Waals surface area contributed by atoms with E-state index < -0.39 is 5.91 Å². The molecule has 4 rings (SSSR count). The van der Waals surface area contributed by atoms with Crippen LogP contribution in [0.4, 0.5) is 5.95 Å². The summed E-state index contributed by atoms with van der Waals surface area (Å²) in [5, 5.41) is 7.92. The zero-order chi connectivity index (χ0) is 19.5. The highest BCUT2D eigenvalue weighted by molar-refractivity contribution is 5.90. The van der Waals surface area contributed by atoms with Crippen molar-refractivity contribution in [2.45, 2.75) is 32.7 Å². The van der Waals surface area contributed by atoms with E-state index in [0.29, 0.717) is 5.92 Å². The van der Waals surface area contributed by atoms with Gasteiger partial charge in [0.25, 0.3) is 5.56 Å². The van der Waals surface area contributed by atoms with Gasteiger partial charge in [-0.15, -0.1) is 0 Å². The van der Waals surface area contributed by atoms with Crippen molar-refractivity contribution >= 4 is 28.3 Å². The van der Waals surface area contributed by atoms with Crippen LogP contribution in [0.1, 0.15) is 31.9 Å². The van der Waals surface area contributed by atoms with Gasteiger partial charge in [-0.05, 0) is 42.9 Å². The molecule has 1 atom stereocenters. The van der Waals surface area contributed by atoms with E-state index in [0.717, 1.165) is 41.4 Å². The van der Waals surface area contributed by atoms with Crippen molar-refractivity contribution in [3.8, 4) is 0 Å². The minimum Gasteiger partial charge on any atom is -0.293 e. The van der Waals surface area contributed by atoms with Crippen LogP contribution in [0.3, 0.4) is 0 Å². The molecule has 3 aromatic rings. The van der Waals surface area contributed by atoms with Gasteiger partial charge in [0, 0.05) is 17.6 Å². The largest absolute Gasteiger partial charge is 0.293 e. The fourth-order valence-corrected chi connectivity index (χ4v) is 3.26. The number of allylic oxidation sites excluding steroid dienone is 2. The molecule has 1 aromatic carbocycles. The second-order valence-electron chi connectivity index (χ2n) is 7.12. The second-order valence-corrected chi connectivity index (χ2v) is 7.12. The van der Waals surface area contributed by atoms with Crippen LogP contribution in [0.5, 0.6) is 0 Å². The first-order valence-electron chi connectivity index (χ1n) is 9.38. The Labute approximate surface area is 162 Å². The lowest BCUT2D eigenvalue weighted by Crippen LogP contribution is -2.30. The van der Waals surface area contributed by atoms with Gasteiger partial charge < -0.3 is 0 Å². The number of carbonyl (C=O) groups is 1. The SMILES string of the molecule is CC1CC=C(c2ccc(=O)n(CC(=O)Nc3ncc4ccccc4n3)n2)CC1. The molecule has 0 aliphatic heterocycles. The van der Waals surface area contributed by atoms with Gasteiger partial charge in [0.2, 0.25) is 11.9 Å². The minimum absolute atomic E-state index is 0.188.